The first-order valence-corrected chi connectivity index (χ1v) is 8.16. The van der Waals surface area contributed by atoms with E-state index >= 15 is 0 Å². The van der Waals surface area contributed by atoms with Gasteiger partial charge in [-0.15, -0.1) is 11.8 Å². The second-order valence-electron chi connectivity index (χ2n) is 5.42. The van der Waals surface area contributed by atoms with Crippen molar-refractivity contribution < 1.29 is 0 Å². The van der Waals surface area contributed by atoms with Gasteiger partial charge < -0.3 is 5.32 Å². The van der Waals surface area contributed by atoms with Gasteiger partial charge in [0, 0.05) is 23.1 Å². The lowest BCUT2D eigenvalue weighted by Gasteiger charge is -2.22. The monoisotopic (exact) mass is 262 g/mol. The van der Waals surface area contributed by atoms with Gasteiger partial charge in [-0.3, -0.25) is 0 Å². The third-order valence-electron chi connectivity index (χ3n) is 4.07. The number of rotatable bonds is 3. The van der Waals surface area contributed by atoms with Gasteiger partial charge in [0.05, 0.1) is 0 Å². The largest absolute Gasteiger partial charge is 0.310 e. The summed E-state index contributed by atoms with van der Waals surface area (Å²) >= 11 is 2.03. The van der Waals surface area contributed by atoms with Gasteiger partial charge in [-0.1, -0.05) is 25.3 Å². The van der Waals surface area contributed by atoms with Crippen molar-refractivity contribution in [2.75, 3.05) is 6.54 Å². The highest BCUT2D eigenvalue weighted by Gasteiger charge is 2.22. The predicted molar refractivity (Wildman–Crippen MR) is 76.9 cm³/mol. The minimum atomic E-state index is 0.546. The zero-order valence-corrected chi connectivity index (χ0v) is 11.7. The lowest BCUT2D eigenvalue weighted by molar-refractivity contribution is 0.515. The molecule has 2 nitrogen and oxygen atoms in total. The van der Waals surface area contributed by atoms with Gasteiger partial charge in [0.15, 0.2) is 0 Å². The highest BCUT2D eigenvalue weighted by atomic mass is 32.2. The van der Waals surface area contributed by atoms with Crippen LogP contribution in [-0.4, -0.2) is 16.8 Å². The molecule has 2 heterocycles. The van der Waals surface area contributed by atoms with Crippen LogP contribution in [0.4, 0.5) is 0 Å². The maximum atomic E-state index is 4.64. The summed E-state index contributed by atoms with van der Waals surface area (Å²) in [7, 11) is 0. The van der Waals surface area contributed by atoms with E-state index in [0.29, 0.717) is 6.04 Å². The summed E-state index contributed by atoms with van der Waals surface area (Å²) in [5, 5.41) is 5.68. The standard InChI is InChI=1S/C15H22N2S/c1-2-6-12(7-3-1)18-15-13(8-4-11-17-15)14-9-5-10-16-14/h4,8,11-12,14,16H,1-3,5-7,9-10H2. The molecule has 0 radical (unpaired) electrons. The average Bonchev–Trinajstić information content (AvgIpc) is 2.94. The number of thioether (sulfide) groups is 1. The Hall–Kier alpha value is -0.540. The fraction of sp³-hybridized carbons (Fsp3) is 0.667. The third-order valence-corrected chi connectivity index (χ3v) is 5.44. The van der Waals surface area contributed by atoms with Crippen molar-refractivity contribution in [3.63, 3.8) is 0 Å². The maximum absolute atomic E-state index is 4.64. The Morgan fingerprint density at radius 3 is 2.78 bits per heavy atom. The normalized spacial score (nSPS) is 25.4. The summed E-state index contributed by atoms with van der Waals surface area (Å²) < 4.78 is 0. The number of nitrogens with one attached hydrogen (secondary N) is 1. The summed E-state index contributed by atoms with van der Waals surface area (Å²) in [4.78, 5) is 4.64. The zero-order valence-electron chi connectivity index (χ0n) is 10.9. The molecule has 1 aliphatic heterocycles. The smallest absolute Gasteiger partial charge is 0.101 e. The van der Waals surface area contributed by atoms with E-state index in [-0.39, 0.29) is 0 Å². The predicted octanol–water partition coefficient (Wildman–Crippen LogP) is 3.93. The molecule has 1 aromatic rings. The van der Waals surface area contributed by atoms with Gasteiger partial charge in [-0.2, -0.15) is 0 Å². The van der Waals surface area contributed by atoms with Crippen molar-refractivity contribution in [3.8, 4) is 0 Å². The Kier molecular flexibility index (Phi) is 4.21. The van der Waals surface area contributed by atoms with Crippen LogP contribution in [-0.2, 0) is 0 Å². The molecule has 2 aliphatic rings. The molecule has 1 unspecified atom stereocenters. The Morgan fingerprint density at radius 1 is 1.11 bits per heavy atom. The summed E-state index contributed by atoms with van der Waals surface area (Å²) in [6.07, 6.45) is 11.5. The molecule has 1 aromatic heterocycles. The Bertz CT molecular complexity index is 382. The molecule has 0 amide bonds. The van der Waals surface area contributed by atoms with E-state index in [1.165, 1.54) is 55.5 Å². The number of aromatic nitrogens is 1. The molecular weight excluding hydrogens is 240 g/mol. The van der Waals surface area contributed by atoms with Crippen LogP contribution >= 0.6 is 11.8 Å². The first kappa shape index (κ1) is 12.5. The zero-order chi connectivity index (χ0) is 12.2. The first-order valence-electron chi connectivity index (χ1n) is 7.28. The van der Waals surface area contributed by atoms with Crippen molar-refractivity contribution >= 4 is 11.8 Å². The molecular formula is C15H22N2S. The van der Waals surface area contributed by atoms with Crippen molar-refractivity contribution in [2.24, 2.45) is 0 Å². The number of hydrogen-bond acceptors (Lipinski definition) is 3. The molecule has 1 atom stereocenters. The fourth-order valence-electron chi connectivity index (χ4n) is 3.06. The van der Waals surface area contributed by atoms with Crippen molar-refractivity contribution in [2.45, 2.75) is 61.3 Å². The summed E-state index contributed by atoms with van der Waals surface area (Å²) in [6.45, 7) is 1.16. The molecule has 1 saturated carbocycles. The lowest BCUT2D eigenvalue weighted by Crippen LogP contribution is -2.15. The number of pyridine rings is 1. The van der Waals surface area contributed by atoms with E-state index in [9.17, 15) is 0 Å². The van der Waals surface area contributed by atoms with Crippen LogP contribution in [0.2, 0.25) is 0 Å². The van der Waals surface area contributed by atoms with Gasteiger partial charge in [0.1, 0.15) is 5.03 Å². The summed E-state index contributed by atoms with van der Waals surface area (Å²) in [5.74, 6) is 0. The molecule has 3 rings (SSSR count). The fourth-order valence-corrected chi connectivity index (χ4v) is 4.41. The van der Waals surface area contributed by atoms with Crippen LogP contribution < -0.4 is 5.32 Å². The Balaban J connectivity index is 1.73. The second-order valence-corrected chi connectivity index (χ2v) is 6.71. The average molecular weight is 262 g/mol. The molecule has 98 valence electrons. The first-order chi connectivity index (χ1) is 8.93. The van der Waals surface area contributed by atoms with Gasteiger partial charge in [-0.05, 0) is 38.3 Å². The minimum absolute atomic E-state index is 0.546. The van der Waals surface area contributed by atoms with Crippen LogP contribution in [0.15, 0.2) is 23.4 Å². The molecule has 0 spiro atoms. The number of hydrogen-bond donors (Lipinski definition) is 1. The number of nitrogens with zero attached hydrogens (tertiary/aromatic N) is 1. The van der Waals surface area contributed by atoms with Crippen LogP contribution in [0, 0.1) is 0 Å². The maximum Gasteiger partial charge on any atom is 0.101 e. The second kappa shape index (κ2) is 6.07. The van der Waals surface area contributed by atoms with E-state index in [2.05, 4.69) is 22.4 Å². The van der Waals surface area contributed by atoms with E-state index < -0.39 is 0 Å². The van der Waals surface area contributed by atoms with Crippen molar-refractivity contribution in [1.82, 2.24) is 10.3 Å². The molecule has 1 N–H and O–H groups in total. The van der Waals surface area contributed by atoms with Crippen LogP contribution in [0.1, 0.15) is 56.6 Å². The van der Waals surface area contributed by atoms with Crippen molar-refractivity contribution in [3.05, 3.63) is 23.9 Å². The SMILES string of the molecule is c1cnc(SC2CCCCC2)c(C2CCCN2)c1. The molecule has 0 bridgehead atoms. The van der Waals surface area contributed by atoms with E-state index in [1.807, 2.05) is 18.0 Å². The van der Waals surface area contributed by atoms with Gasteiger partial charge in [0.2, 0.25) is 0 Å². The van der Waals surface area contributed by atoms with Crippen LogP contribution in [0.5, 0.6) is 0 Å². The molecule has 0 aromatic carbocycles. The van der Waals surface area contributed by atoms with Gasteiger partial charge >= 0.3 is 0 Å². The highest BCUT2D eigenvalue weighted by Crippen LogP contribution is 2.37. The Morgan fingerprint density at radius 2 is 2.00 bits per heavy atom. The third kappa shape index (κ3) is 2.89. The highest BCUT2D eigenvalue weighted by molar-refractivity contribution is 7.99. The molecule has 18 heavy (non-hydrogen) atoms. The molecule has 1 saturated heterocycles. The van der Waals surface area contributed by atoms with Crippen molar-refractivity contribution in [1.29, 1.82) is 0 Å². The van der Waals surface area contributed by atoms with Crippen LogP contribution in [0.25, 0.3) is 0 Å². The van der Waals surface area contributed by atoms with E-state index in [4.69, 9.17) is 0 Å². The Labute approximate surface area is 114 Å². The minimum Gasteiger partial charge on any atom is -0.310 e. The van der Waals surface area contributed by atoms with Gasteiger partial charge in [0.25, 0.3) is 0 Å². The quantitative estimate of drug-likeness (QED) is 0.893. The van der Waals surface area contributed by atoms with Gasteiger partial charge in [-0.25, -0.2) is 4.98 Å². The molecule has 1 aliphatic carbocycles. The molecule has 3 heteroatoms. The van der Waals surface area contributed by atoms with Crippen LogP contribution in [0.3, 0.4) is 0 Å². The molecule has 2 fully saturated rings. The lowest BCUT2D eigenvalue weighted by atomic mass is 10.0. The van der Waals surface area contributed by atoms with E-state index in [0.717, 1.165) is 11.8 Å². The summed E-state index contributed by atoms with van der Waals surface area (Å²) in [6, 6.07) is 4.89. The van der Waals surface area contributed by atoms with E-state index in [1.54, 1.807) is 0 Å². The topological polar surface area (TPSA) is 24.9 Å². The summed E-state index contributed by atoms with van der Waals surface area (Å²) in [5.41, 5.74) is 1.44.